The van der Waals surface area contributed by atoms with Crippen LogP contribution in [-0.2, 0) is 9.53 Å². The summed E-state index contributed by atoms with van der Waals surface area (Å²) in [5, 5.41) is -0.161. The lowest BCUT2D eigenvalue weighted by Gasteiger charge is -2.19. The predicted octanol–water partition coefficient (Wildman–Crippen LogP) is 2.49. The van der Waals surface area contributed by atoms with E-state index in [2.05, 4.69) is 0 Å². The average Bonchev–Trinajstić information content (AvgIpc) is 2.37. The highest BCUT2D eigenvalue weighted by molar-refractivity contribution is 8.00. The van der Waals surface area contributed by atoms with Crippen molar-refractivity contribution in [2.75, 3.05) is 33.1 Å². The largest absolute Gasteiger partial charge is 0.383 e. The molecule has 18 heavy (non-hydrogen) atoms. The third kappa shape index (κ3) is 5.76. The molecule has 0 radical (unpaired) electrons. The zero-order valence-electron chi connectivity index (χ0n) is 10.6. The van der Waals surface area contributed by atoms with Gasteiger partial charge >= 0.3 is 0 Å². The highest BCUT2D eigenvalue weighted by Crippen LogP contribution is 2.17. The second-order valence-corrected chi connectivity index (χ2v) is 5.59. The summed E-state index contributed by atoms with van der Waals surface area (Å²) in [5.74, 6) is 0.502. The molecule has 0 N–H and O–H groups in total. The standard InChI is InChI=1S/C13H18ClNO2S/c1-15(8-11(14)9-17-2)13(16)10-18-12-6-4-3-5-7-12/h3-7,11H,8-10H2,1-2H3. The maximum atomic E-state index is 11.9. The monoisotopic (exact) mass is 287 g/mol. The molecular weight excluding hydrogens is 270 g/mol. The van der Waals surface area contributed by atoms with Crippen LogP contribution in [0.15, 0.2) is 35.2 Å². The van der Waals surface area contributed by atoms with Gasteiger partial charge in [0.05, 0.1) is 17.7 Å². The number of methoxy groups -OCH3 is 1. The summed E-state index contributed by atoms with van der Waals surface area (Å²) in [6.45, 7) is 0.953. The summed E-state index contributed by atoms with van der Waals surface area (Å²) in [6, 6.07) is 9.87. The van der Waals surface area contributed by atoms with Gasteiger partial charge in [0.1, 0.15) is 0 Å². The van der Waals surface area contributed by atoms with Crippen molar-refractivity contribution in [3.63, 3.8) is 0 Å². The Morgan fingerprint density at radius 3 is 2.72 bits per heavy atom. The zero-order chi connectivity index (χ0) is 13.4. The quantitative estimate of drug-likeness (QED) is 0.570. The number of alkyl halides is 1. The fraction of sp³-hybridized carbons (Fsp3) is 0.462. The van der Waals surface area contributed by atoms with Gasteiger partial charge in [0, 0.05) is 25.6 Å². The molecule has 0 bridgehead atoms. The Bertz CT molecular complexity index is 361. The molecular formula is C13H18ClNO2S. The second kappa shape index (κ2) is 8.40. The van der Waals surface area contributed by atoms with Crippen molar-refractivity contribution < 1.29 is 9.53 Å². The minimum absolute atomic E-state index is 0.0746. The lowest BCUT2D eigenvalue weighted by Crippen LogP contribution is -2.35. The van der Waals surface area contributed by atoms with E-state index in [1.807, 2.05) is 30.3 Å². The number of carbonyl (C=O) groups is 1. The molecule has 0 saturated heterocycles. The van der Waals surface area contributed by atoms with Crippen LogP contribution < -0.4 is 0 Å². The van der Waals surface area contributed by atoms with Crippen molar-refractivity contribution in [3.8, 4) is 0 Å². The van der Waals surface area contributed by atoms with E-state index in [1.165, 1.54) is 11.8 Å². The van der Waals surface area contributed by atoms with E-state index in [4.69, 9.17) is 16.3 Å². The van der Waals surface area contributed by atoms with E-state index in [0.29, 0.717) is 18.9 Å². The van der Waals surface area contributed by atoms with Gasteiger partial charge in [-0.1, -0.05) is 18.2 Å². The van der Waals surface area contributed by atoms with Crippen molar-refractivity contribution in [2.24, 2.45) is 0 Å². The molecule has 1 aromatic carbocycles. The minimum atomic E-state index is -0.161. The number of thioether (sulfide) groups is 1. The lowest BCUT2D eigenvalue weighted by molar-refractivity contribution is -0.127. The number of benzene rings is 1. The molecule has 0 aliphatic rings. The number of ether oxygens (including phenoxy) is 1. The van der Waals surface area contributed by atoms with Crippen molar-refractivity contribution in [3.05, 3.63) is 30.3 Å². The first-order valence-corrected chi connectivity index (χ1v) is 7.10. The highest BCUT2D eigenvalue weighted by Gasteiger charge is 2.13. The summed E-state index contributed by atoms with van der Waals surface area (Å²) in [4.78, 5) is 14.6. The topological polar surface area (TPSA) is 29.5 Å². The number of hydrogen-bond acceptors (Lipinski definition) is 3. The molecule has 3 nitrogen and oxygen atoms in total. The van der Waals surface area contributed by atoms with Gasteiger partial charge in [-0.15, -0.1) is 23.4 Å². The Morgan fingerprint density at radius 2 is 2.11 bits per heavy atom. The van der Waals surface area contributed by atoms with Gasteiger partial charge in [-0.3, -0.25) is 4.79 Å². The van der Waals surface area contributed by atoms with Crippen LogP contribution in [0.4, 0.5) is 0 Å². The molecule has 0 aromatic heterocycles. The van der Waals surface area contributed by atoms with E-state index in [9.17, 15) is 4.79 Å². The molecule has 0 spiro atoms. The minimum Gasteiger partial charge on any atom is -0.383 e. The van der Waals surface area contributed by atoms with Crippen molar-refractivity contribution in [1.29, 1.82) is 0 Å². The smallest absolute Gasteiger partial charge is 0.232 e. The van der Waals surface area contributed by atoms with Gasteiger partial charge in [-0.25, -0.2) is 0 Å². The van der Waals surface area contributed by atoms with E-state index >= 15 is 0 Å². The molecule has 0 aliphatic carbocycles. The molecule has 0 fully saturated rings. The van der Waals surface area contributed by atoms with Crippen LogP contribution in [0.5, 0.6) is 0 Å². The van der Waals surface area contributed by atoms with Crippen LogP contribution in [0, 0.1) is 0 Å². The first kappa shape index (κ1) is 15.3. The highest BCUT2D eigenvalue weighted by atomic mass is 35.5. The number of halogens is 1. The third-order valence-electron chi connectivity index (χ3n) is 2.35. The van der Waals surface area contributed by atoms with Crippen LogP contribution in [0.1, 0.15) is 0 Å². The van der Waals surface area contributed by atoms with Gasteiger partial charge in [0.15, 0.2) is 0 Å². The summed E-state index contributed by atoms with van der Waals surface area (Å²) in [5.41, 5.74) is 0. The average molecular weight is 288 g/mol. The number of hydrogen-bond donors (Lipinski definition) is 0. The molecule has 1 amide bonds. The van der Waals surface area contributed by atoms with E-state index in [-0.39, 0.29) is 11.3 Å². The number of nitrogens with zero attached hydrogens (tertiary/aromatic N) is 1. The normalized spacial score (nSPS) is 12.2. The molecule has 1 aromatic rings. The Hall–Kier alpha value is -0.710. The fourth-order valence-electron chi connectivity index (χ4n) is 1.40. The third-order valence-corrected chi connectivity index (χ3v) is 3.61. The SMILES string of the molecule is COCC(Cl)CN(C)C(=O)CSc1ccccc1. The van der Waals surface area contributed by atoms with Crippen LogP contribution >= 0.6 is 23.4 Å². The summed E-state index contributed by atoms with van der Waals surface area (Å²) >= 11 is 7.54. The maximum Gasteiger partial charge on any atom is 0.232 e. The molecule has 0 saturated carbocycles. The Labute approximate surface area is 117 Å². The van der Waals surface area contributed by atoms with Crippen LogP contribution in [0.3, 0.4) is 0 Å². The van der Waals surface area contributed by atoms with E-state index in [1.54, 1.807) is 19.1 Å². The van der Waals surface area contributed by atoms with Crippen molar-refractivity contribution in [1.82, 2.24) is 4.90 Å². The number of amides is 1. The summed E-state index contributed by atoms with van der Waals surface area (Å²) in [6.07, 6.45) is 0. The fourth-order valence-corrected chi connectivity index (χ4v) is 2.60. The second-order valence-electron chi connectivity index (χ2n) is 3.93. The van der Waals surface area contributed by atoms with Gasteiger partial charge in [-0.05, 0) is 12.1 Å². The Morgan fingerprint density at radius 1 is 1.44 bits per heavy atom. The van der Waals surface area contributed by atoms with E-state index < -0.39 is 0 Å². The van der Waals surface area contributed by atoms with Gasteiger partial charge in [0.25, 0.3) is 0 Å². The van der Waals surface area contributed by atoms with Crippen LogP contribution in [0.2, 0.25) is 0 Å². The van der Waals surface area contributed by atoms with E-state index in [0.717, 1.165) is 4.90 Å². The Kier molecular flexibility index (Phi) is 7.16. The van der Waals surface area contributed by atoms with Crippen LogP contribution in [0.25, 0.3) is 0 Å². The Balaban J connectivity index is 2.32. The number of rotatable bonds is 7. The summed E-state index contributed by atoms with van der Waals surface area (Å²) < 4.78 is 4.94. The van der Waals surface area contributed by atoms with Gasteiger partial charge in [-0.2, -0.15) is 0 Å². The molecule has 1 unspecified atom stereocenters. The van der Waals surface area contributed by atoms with Gasteiger partial charge < -0.3 is 9.64 Å². The molecule has 1 atom stereocenters. The van der Waals surface area contributed by atoms with Gasteiger partial charge in [0.2, 0.25) is 5.91 Å². The first-order valence-electron chi connectivity index (χ1n) is 5.68. The first-order chi connectivity index (χ1) is 8.63. The van der Waals surface area contributed by atoms with Crippen molar-refractivity contribution >= 4 is 29.3 Å². The maximum absolute atomic E-state index is 11.9. The van der Waals surface area contributed by atoms with Crippen LogP contribution in [-0.4, -0.2) is 49.2 Å². The number of carbonyl (C=O) groups excluding carboxylic acids is 1. The zero-order valence-corrected chi connectivity index (χ0v) is 12.2. The molecule has 100 valence electrons. The molecule has 0 aliphatic heterocycles. The molecule has 0 heterocycles. The molecule has 1 rings (SSSR count). The molecule has 5 heteroatoms. The predicted molar refractivity (Wildman–Crippen MR) is 76.3 cm³/mol. The summed E-state index contributed by atoms with van der Waals surface area (Å²) in [7, 11) is 3.36. The van der Waals surface area contributed by atoms with Crippen molar-refractivity contribution in [2.45, 2.75) is 10.3 Å². The lowest BCUT2D eigenvalue weighted by atomic mass is 10.4.